The summed E-state index contributed by atoms with van der Waals surface area (Å²) in [5.41, 5.74) is 2.46. The maximum absolute atomic E-state index is 12.7. The summed E-state index contributed by atoms with van der Waals surface area (Å²) >= 11 is 3.10. The van der Waals surface area contributed by atoms with Crippen LogP contribution >= 0.6 is 22.7 Å². The Morgan fingerprint density at radius 2 is 1.96 bits per heavy atom. The summed E-state index contributed by atoms with van der Waals surface area (Å²) in [6, 6.07) is 13.0. The van der Waals surface area contributed by atoms with Crippen LogP contribution in [0.5, 0.6) is 0 Å². The summed E-state index contributed by atoms with van der Waals surface area (Å²) in [4.78, 5) is 19.9. The minimum Gasteiger partial charge on any atom is -0.349 e. The maximum Gasteiger partial charge on any atom is 0.261 e. The first-order chi connectivity index (χ1) is 12.8. The van der Waals surface area contributed by atoms with Crippen molar-refractivity contribution in [1.82, 2.24) is 14.7 Å². The van der Waals surface area contributed by atoms with E-state index in [1.807, 2.05) is 17.6 Å². The normalized spacial score (nSPS) is 20.6. The van der Waals surface area contributed by atoms with Gasteiger partial charge in [-0.15, -0.1) is 22.7 Å². The van der Waals surface area contributed by atoms with Crippen molar-refractivity contribution >= 4 is 43.9 Å². The van der Waals surface area contributed by atoms with Crippen molar-refractivity contribution in [3.8, 4) is 0 Å². The van der Waals surface area contributed by atoms with Gasteiger partial charge < -0.3 is 5.32 Å². The molecule has 1 aliphatic rings. The van der Waals surface area contributed by atoms with E-state index >= 15 is 0 Å². The third-order valence-corrected chi connectivity index (χ3v) is 7.07. The Balaban J connectivity index is 1.25. The van der Waals surface area contributed by atoms with E-state index in [1.54, 1.807) is 11.3 Å². The number of fused-ring (bicyclic) bond motifs is 3. The van der Waals surface area contributed by atoms with Crippen molar-refractivity contribution in [1.29, 1.82) is 0 Å². The fraction of sp³-hybridized carbons (Fsp3) is 0.300. The minimum absolute atomic E-state index is 0.0418. The monoisotopic (exact) mass is 381 g/mol. The van der Waals surface area contributed by atoms with Crippen molar-refractivity contribution in [2.75, 3.05) is 0 Å². The first-order valence-electron chi connectivity index (χ1n) is 8.99. The smallest absolute Gasteiger partial charge is 0.261 e. The molecule has 1 fully saturated rings. The molecule has 0 bridgehead atoms. The van der Waals surface area contributed by atoms with E-state index in [1.165, 1.54) is 16.9 Å². The summed E-state index contributed by atoms with van der Waals surface area (Å²) in [6.07, 6.45) is 6.38. The van der Waals surface area contributed by atoms with E-state index in [0.29, 0.717) is 5.92 Å². The molecular weight excluding hydrogens is 362 g/mol. The Bertz CT molecular complexity index is 1050. The number of benzene rings is 1. The number of amides is 1. The first-order valence-corrected chi connectivity index (χ1v) is 10.7. The molecule has 3 heterocycles. The van der Waals surface area contributed by atoms with Crippen molar-refractivity contribution < 1.29 is 4.79 Å². The van der Waals surface area contributed by atoms with Crippen molar-refractivity contribution in [2.45, 2.75) is 37.6 Å². The average Bonchev–Trinajstić information content (AvgIpc) is 3.35. The molecule has 0 aliphatic heterocycles. The third kappa shape index (κ3) is 2.83. The van der Waals surface area contributed by atoms with Gasteiger partial charge in [0.15, 0.2) is 4.96 Å². The predicted molar refractivity (Wildman–Crippen MR) is 107 cm³/mol. The van der Waals surface area contributed by atoms with Crippen molar-refractivity contribution in [2.24, 2.45) is 0 Å². The van der Waals surface area contributed by atoms with Gasteiger partial charge in [-0.2, -0.15) is 0 Å². The third-order valence-electron chi connectivity index (χ3n) is 5.30. The minimum atomic E-state index is 0.0418. The predicted octanol–water partition coefficient (Wildman–Crippen LogP) is 5.07. The van der Waals surface area contributed by atoms with Gasteiger partial charge in [-0.3, -0.25) is 9.20 Å². The molecule has 1 aromatic carbocycles. The van der Waals surface area contributed by atoms with Crippen LogP contribution in [0.3, 0.4) is 0 Å². The lowest BCUT2D eigenvalue weighted by Gasteiger charge is -2.29. The number of hydrogen-bond acceptors (Lipinski definition) is 4. The number of carbonyl (C=O) groups excluding carboxylic acids is 1. The van der Waals surface area contributed by atoms with Crippen LogP contribution in [-0.4, -0.2) is 21.3 Å². The number of thiophene rings is 1. The van der Waals surface area contributed by atoms with Gasteiger partial charge in [0, 0.05) is 17.6 Å². The number of nitrogens with one attached hydrogen (secondary N) is 1. The number of thiazole rings is 1. The van der Waals surface area contributed by atoms with Gasteiger partial charge >= 0.3 is 0 Å². The second kappa shape index (κ2) is 6.52. The van der Waals surface area contributed by atoms with E-state index in [9.17, 15) is 4.79 Å². The van der Waals surface area contributed by atoms with Crippen LogP contribution in [-0.2, 0) is 0 Å². The van der Waals surface area contributed by atoms with Gasteiger partial charge in [-0.1, -0.05) is 30.3 Å². The van der Waals surface area contributed by atoms with Crippen LogP contribution in [0.2, 0.25) is 0 Å². The summed E-state index contributed by atoms with van der Waals surface area (Å²) in [5.74, 6) is 0.669. The fourth-order valence-electron chi connectivity index (χ4n) is 3.91. The standard InChI is InChI=1S/C20H19N3OS2/c24-18(17-12-16-19(26-17)22-20-23(16)10-11-25-20)21-15-8-6-14(7-9-15)13-4-2-1-3-5-13/h1-5,10-12,14-15H,6-9H2,(H,21,24). The van der Waals surface area contributed by atoms with Crippen molar-refractivity contribution in [3.63, 3.8) is 0 Å². The molecule has 26 heavy (non-hydrogen) atoms. The van der Waals surface area contributed by atoms with Crippen LogP contribution in [0.15, 0.2) is 48.0 Å². The molecule has 4 aromatic rings. The Kier molecular flexibility index (Phi) is 4.02. The molecule has 5 rings (SSSR count). The highest BCUT2D eigenvalue weighted by molar-refractivity contribution is 7.21. The molecule has 6 heteroatoms. The highest BCUT2D eigenvalue weighted by Gasteiger charge is 2.24. The van der Waals surface area contributed by atoms with Gasteiger partial charge in [0.25, 0.3) is 5.91 Å². The first kappa shape index (κ1) is 16.0. The van der Waals surface area contributed by atoms with E-state index in [0.717, 1.165) is 45.9 Å². The van der Waals surface area contributed by atoms with Crippen molar-refractivity contribution in [3.05, 3.63) is 58.4 Å². The van der Waals surface area contributed by atoms with Gasteiger partial charge in [0.1, 0.15) is 4.83 Å². The van der Waals surface area contributed by atoms with Crippen LogP contribution in [0.4, 0.5) is 0 Å². The molecule has 1 amide bonds. The van der Waals surface area contributed by atoms with E-state index in [4.69, 9.17) is 0 Å². The highest BCUT2D eigenvalue weighted by atomic mass is 32.1. The molecule has 3 aromatic heterocycles. The van der Waals surface area contributed by atoms with Gasteiger partial charge in [0.05, 0.1) is 10.4 Å². The Labute approximate surface area is 159 Å². The topological polar surface area (TPSA) is 46.4 Å². The molecule has 1 N–H and O–H groups in total. The summed E-state index contributed by atoms with van der Waals surface area (Å²) < 4.78 is 2.05. The molecule has 0 unspecified atom stereocenters. The lowest BCUT2D eigenvalue weighted by Crippen LogP contribution is -2.37. The van der Waals surface area contributed by atoms with Gasteiger partial charge in [0.2, 0.25) is 0 Å². The molecule has 0 atom stereocenters. The van der Waals surface area contributed by atoms with Gasteiger partial charge in [-0.05, 0) is 43.2 Å². The number of aromatic nitrogens is 2. The highest BCUT2D eigenvalue weighted by Crippen LogP contribution is 2.33. The zero-order valence-corrected chi connectivity index (χ0v) is 15.9. The second-order valence-corrected chi connectivity index (χ2v) is 8.80. The van der Waals surface area contributed by atoms with Crippen LogP contribution in [0.25, 0.3) is 15.3 Å². The average molecular weight is 382 g/mol. The van der Waals surface area contributed by atoms with E-state index in [2.05, 4.69) is 45.0 Å². The number of nitrogens with zero attached hydrogens (tertiary/aromatic N) is 2. The fourth-order valence-corrected chi connectivity index (χ4v) is 5.62. The molecule has 1 aliphatic carbocycles. The lowest BCUT2D eigenvalue weighted by molar-refractivity contribution is 0.0930. The van der Waals surface area contributed by atoms with Gasteiger partial charge in [-0.25, -0.2) is 4.98 Å². The Hall–Kier alpha value is -2.18. The molecule has 0 spiro atoms. The molecular formula is C20H19N3OS2. The van der Waals surface area contributed by atoms with Crippen LogP contribution in [0, 0.1) is 0 Å². The quantitative estimate of drug-likeness (QED) is 0.539. The van der Waals surface area contributed by atoms with E-state index < -0.39 is 0 Å². The SMILES string of the molecule is O=C(NC1CCC(c2ccccc2)CC1)c1cc2c(nc3sccn32)s1. The van der Waals surface area contributed by atoms with Crippen LogP contribution < -0.4 is 5.32 Å². The number of carbonyl (C=O) groups is 1. The largest absolute Gasteiger partial charge is 0.349 e. The zero-order chi connectivity index (χ0) is 17.5. The lowest BCUT2D eigenvalue weighted by atomic mass is 9.82. The molecule has 0 radical (unpaired) electrons. The number of imidazole rings is 1. The molecule has 1 saturated carbocycles. The second-order valence-electron chi connectivity index (χ2n) is 6.90. The zero-order valence-electron chi connectivity index (χ0n) is 14.2. The molecule has 0 saturated heterocycles. The number of rotatable bonds is 3. The summed E-state index contributed by atoms with van der Waals surface area (Å²) in [5, 5.41) is 5.26. The number of hydrogen-bond donors (Lipinski definition) is 1. The molecule has 132 valence electrons. The maximum atomic E-state index is 12.7. The summed E-state index contributed by atoms with van der Waals surface area (Å²) in [7, 11) is 0. The Morgan fingerprint density at radius 1 is 1.15 bits per heavy atom. The Morgan fingerprint density at radius 3 is 2.77 bits per heavy atom. The summed E-state index contributed by atoms with van der Waals surface area (Å²) in [6.45, 7) is 0. The van der Waals surface area contributed by atoms with Crippen LogP contribution in [0.1, 0.15) is 46.8 Å². The molecule has 4 nitrogen and oxygen atoms in total. The van der Waals surface area contributed by atoms with E-state index in [-0.39, 0.29) is 11.9 Å².